The fourth-order valence-corrected chi connectivity index (χ4v) is 3.01. The molecule has 0 radical (unpaired) electrons. The highest BCUT2D eigenvalue weighted by molar-refractivity contribution is 6.31. The number of fused-ring (bicyclic) bond motifs is 1. The summed E-state index contributed by atoms with van der Waals surface area (Å²) < 4.78 is 5.75. The van der Waals surface area contributed by atoms with Crippen LogP contribution in [0.15, 0.2) is 36.4 Å². The maximum atomic E-state index is 6.37. The Labute approximate surface area is 131 Å². The Balaban J connectivity index is 2.00. The van der Waals surface area contributed by atoms with Crippen molar-refractivity contribution in [1.82, 2.24) is 5.32 Å². The standard InChI is InChI=1S/C18H20ClNO/c1-18(2)11-21-17-7-6-12(8-15(17)18)13-4-5-14(10-20-3)16(19)9-13/h4-9,20H,10-11H2,1-3H3. The van der Waals surface area contributed by atoms with Gasteiger partial charge in [0.05, 0.1) is 6.61 Å². The molecule has 0 spiro atoms. The van der Waals surface area contributed by atoms with Gasteiger partial charge in [-0.25, -0.2) is 0 Å². The monoisotopic (exact) mass is 301 g/mol. The highest BCUT2D eigenvalue weighted by atomic mass is 35.5. The minimum Gasteiger partial charge on any atom is -0.492 e. The number of hydrogen-bond acceptors (Lipinski definition) is 2. The van der Waals surface area contributed by atoms with Crippen LogP contribution in [-0.2, 0) is 12.0 Å². The molecule has 0 aromatic heterocycles. The number of hydrogen-bond donors (Lipinski definition) is 1. The lowest BCUT2D eigenvalue weighted by Gasteiger charge is -2.16. The Morgan fingerprint density at radius 1 is 1.14 bits per heavy atom. The molecule has 3 heteroatoms. The van der Waals surface area contributed by atoms with Crippen molar-refractivity contribution in [3.63, 3.8) is 0 Å². The Hall–Kier alpha value is -1.51. The largest absolute Gasteiger partial charge is 0.492 e. The summed E-state index contributed by atoms with van der Waals surface area (Å²) in [7, 11) is 1.92. The summed E-state index contributed by atoms with van der Waals surface area (Å²) >= 11 is 6.37. The van der Waals surface area contributed by atoms with Crippen molar-refractivity contribution in [3.05, 3.63) is 52.5 Å². The van der Waals surface area contributed by atoms with E-state index >= 15 is 0 Å². The van der Waals surface area contributed by atoms with E-state index in [-0.39, 0.29) is 5.41 Å². The Bertz CT molecular complexity index is 679. The molecule has 0 fully saturated rings. The lowest BCUT2D eigenvalue weighted by molar-refractivity contribution is 0.291. The van der Waals surface area contributed by atoms with Gasteiger partial charge in [0.15, 0.2) is 0 Å². The van der Waals surface area contributed by atoms with Crippen molar-refractivity contribution in [3.8, 4) is 16.9 Å². The second-order valence-corrected chi connectivity index (χ2v) is 6.63. The molecule has 1 aliphatic heterocycles. The molecule has 1 heterocycles. The molecule has 2 aromatic carbocycles. The van der Waals surface area contributed by atoms with Crippen LogP contribution in [0.2, 0.25) is 5.02 Å². The predicted molar refractivity (Wildman–Crippen MR) is 88.2 cm³/mol. The van der Waals surface area contributed by atoms with Crippen LogP contribution < -0.4 is 10.1 Å². The van der Waals surface area contributed by atoms with Crippen LogP contribution in [0, 0.1) is 0 Å². The van der Waals surface area contributed by atoms with E-state index in [4.69, 9.17) is 16.3 Å². The Morgan fingerprint density at radius 2 is 1.86 bits per heavy atom. The molecule has 3 rings (SSSR count). The summed E-state index contributed by atoms with van der Waals surface area (Å²) in [5.74, 6) is 1.00. The summed E-state index contributed by atoms with van der Waals surface area (Å²) in [6, 6.07) is 12.6. The highest BCUT2D eigenvalue weighted by Crippen LogP contribution is 2.40. The summed E-state index contributed by atoms with van der Waals surface area (Å²) in [5, 5.41) is 3.93. The third-order valence-corrected chi connectivity index (χ3v) is 4.40. The van der Waals surface area contributed by atoms with Gasteiger partial charge in [-0.2, -0.15) is 0 Å². The van der Waals surface area contributed by atoms with Crippen molar-refractivity contribution in [2.24, 2.45) is 0 Å². The lowest BCUT2D eigenvalue weighted by Crippen LogP contribution is -2.18. The summed E-state index contributed by atoms with van der Waals surface area (Å²) in [6.07, 6.45) is 0. The summed E-state index contributed by atoms with van der Waals surface area (Å²) in [5.41, 5.74) is 4.79. The van der Waals surface area contributed by atoms with Crippen molar-refractivity contribution in [2.45, 2.75) is 25.8 Å². The first kappa shape index (κ1) is 14.4. The highest BCUT2D eigenvalue weighted by Gasteiger charge is 2.31. The normalized spacial score (nSPS) is 15.6. The molecule has 0 bridgehead atoms. The quantitative estimate of drug-likeness (QED) is 0.907. The van der Waals surface area contributed by atoms with Gasteiger partial charge in [-0.05, 0) is 41.9 Å². The van der Waals surface area contributed by atoms with E-state index in [1.165, 1.54) is 11.1 Å². The molecular weight excluding hydrogens is 282 g/mol. The maximum Gasteiger partial charge on any atom is 0.123 e. The van der Waals surface area contributed by atoms with Crippen LogP contribution in [-0.4, -0.2) is 13.7 Å². The van der Waals surface area contributed by atoms with Gasteiger partial charge < -0.3 is 10.1 Å². The van der Waals surface area contributed by atoms with E-state index in [1.807, 2.05) is 13.1 Å². The van der Waals surface area contributed by atoms with Crippen molar-refractivity contribution >= 4 is 11.6 Å². The van der Waals surface area contributed by atoms with Crippen molar-refractivity contribution in [2.75, 3.05) is 13.7 Å². The first-order chi connectivity index (χ1) is 10.0. The molecule has 2 nitrogen and oxygen atoms in total. The third-order valence-electron chi connectivity index (χ3n) is 4.05. The number of nitrogens with one attached hydrogen (secondary N) is 1. The second-order valence-electron chi connectivity index (χ2n) is 6.22. The molecule has 0 atom stereocenters. The maximum absolute atomic E-state index is 6.37. The van der Waals surface area contributed by atoms with Gasteiger partial charge in [-0.1, -0.05) is 43.6 Å². The second kappa shape index (κ2) is 5.36. The van der Waals surface area contributed by atoms with E-state index in [0.717, 1.165) is 35.1 Å². The fraction of sp³-hybridized carbons (Fsp3) is 0.333. The van der Waals surface area contributed by atoms with Gasteiger partial charge in [-0.15, -0.1) is 0 Å². The summed E-state index contributed by atoms with van der Waals surface area (Å²) in [4.78, 5) is 0. The zero-order valence-electron chi connectivity index (χ0n) is 12.7. The van der Waals surface area contributed by atoms with E-state index in [0.29, 0.717) is 0 Å². The number of benzene rings is 2. The minimum absolute atomic E-state index is 0.0706. The molecule has 0 unspecified atom stereocenters. The SMILES string of the molecule is CNCc1ccc(-c2ccc3c(c2)C(C)(C)CO3)cc1Cl. The van der Waals surface area contributed by atoms with Crippen molar-refractivity contribution < 1.29 is 4.74 Å². The molecule has 0 saturated heterocycles. The molecule has 1 N–H and O–H groups in total. The topological polar surface area (TPSA) is 21.3 Å². The average molecular weight is 302 g/mol. The van der Waals surface area contributed by atoms with Gasteiger partial charge >= 0.3 is 0 Å². The molecule has 0 amide bonds. The number of rotatable bonds is 3. The molecule has 0 aliphatic carbocycles. The molecule has 21 heavy (non-hydrogen) atoms. The Kier molecular flexibility index (Phi) is 3.68. The van der Waals surface area contributed by atoms with Gasteiger partial charge in [0, 0.05) is 22.5 Å². The minimum atomic E-state index is 0.0706. The first-order valence-corrected chi connectivity index (χ1v) is 7.60. The van der Waals surface area contributed by atoms with Crippen LogP contribution in [0.3, 0.4) is 0 Å². The molecule has 1 aliphatic rings. The van der Waals surface area contributed by atoms with Gasteiger partial charge in [0.1, 0.15) is 5.75 Å². The van der Waals surface area contributed by atoms with Crippen LogP contribution >= 0.6 is 11.6 Å². The van der Waals surface area contributed by atoms with Crippen molar-refractivity contribution in [1.29, 1.82) is 0 Å². The number of halogens is 1. The van der Waals surface area contributed by atoms with Gasteiger partial charge in [-0.3, -0.25) is 0 Å². The van der Waals surface area contributed by atoms with E-state index < -0.39 is 0 Å². The zero-order chi connectivity index (χ0) is 15.0. The zero-order valence-corrected chi connectivity index (χ0v) is 13.4. The smallest absolute Gasteiger partial charge is 0.123 e. The van der Waals surface area contributed by atoms with Crippen LogP contribution in [0.1, 0.15) is 25.0 Å². The van der Waals surface area contributed by atoms with E-state index in [9.17, 15) is 0 Å². The fourth-order valence-electron chi connectivity index (χ4n) is 2.76. The average Bonchev–Trinajstić information content (AvgIpc) is 2.77. The Morgan fingerprint density at radius 3 is 2.57 bits per heavy atom. The lowest BCUT2D eigenvalue weighted by atomic mass is 9.85. The van der Waals surface area contributed by atoms with Crippen LogP contribution in [0.4, 0.5) is 0 Å². The molecule has 2 aromatic rings. The molecular formula is C18H20ClNO. The third kappa shape index (κ3) is 2.66. The predicted octanol–water partition coefficient (Wildman–Crippen LogP) is 4.40. The first-order valence-electron chi connectivity index (χ1n) is 7.22. The van der Waals surface area contributed by atoms with Gasteiger partial charge in [0.25, 0.3) is 0 Å². The van der Waals surface area contributed by atoms with Crippen LogP contribution in [0.5, 0.6) is 5.75 Å². The van der Waals surface area contributed by atoms with E-state index in [1.54, 1.807) is 0 Å². The molecule has 110 valence electrons. The molecule has 0 saturated carbocycles. The summed E-state index contributed by atoms with van der Waals surface area (Å²) in [6.45, 7) is 5.95. The van der Waals surface area contributed by atoms with E-state index in [2.05, 4.69) is 49.5 Å². The number of ether oxygens (including phenoxy) is 1. The van der Waals surface area contributed by atoms with Crippen LogP contribution in [0.25, 0.3) is 11.1 Å². The van der Waals surface area contributed by atoms with Gasteiger partial charge in [0.2, 0.25) is 0 Å².